The number of carbonyl (C=O) groups is 1. The summed E-state index contributed by atoms with van der Waals surface area (Å²) in [6.07, 6.45) is -4.13. The van der Waals surface area contributed by atoms with Crippen molar-refractivity contribution in [2.45, 2.75) is 33.0 Å². The van der Waals surface area contributed by atoms with Crippen LogP contribution in [0.4, 0.5) is 13.2 Å². The van der Waals surface area contributed by atoms with Crippen LogP contribution in [-0.2, 0) is 13.0 Å². The average molecular weight is 363 g/mol. The normalized spacial score (nSPS) is 11.7. The van der Waals surface area contributed by atoms with Gasteiger partial charge in [-0.25, -0.2) is 4.98 Å². The van der Waals surface area contributed by atoms with Gasteiger partial charge in [-0.1, -0.05) is 0 Å². The molecule has 1 N–H and O–H groups in total. The second-order valence-corrected chi connectivity index (χ2v) is 6.02. The van der Waals surface area contributed by atoms with E-state index in [0.717, 1.165) is 5.56 Å². The van der Waals surface area contributed by atoms with E-state index in [1.54, 1.807) is 19.1 Å². The van der Waals surface area contributed by atoms with Crippen LogP contribution in [-0.4, -0.2) is 22.1 Å². The number of alkyl halides is 3. The van der Waals surface area contributed by atoms with E-state index in [4.69, 9.17) is 4.42 Å². The molecule has 0 fully saturated rings. The molecule has 0 spiro atoms. The molecule has 0 saturated heterocycles. The number of fused-ring (bicyclic) bond motifs is 1. The van der Waals surface area contributed by atoms with Crippen LogP contribution in [0.25, 0.3) is 11.1 Å². The summed E-state index contributed by atoms with van der Waals surface area (Å²) in [4.78, 5) is 20.4. The Balaban J connectivity index is 1.77. The fourth-order valence-corrected chi connectivity index (χ4v) is 2.67. The fourth-order valence-electron chi connectivity index (χ4n) is 2.67. The maximum absolute atomic E-state index is 12.5. The Morgan fingerprint density at radius 2 is 2.00 bits per heavy atom. The van der Waals surface area contributed by atoms with Gasteiger partial charge in [0.1, 0.15) is 5.52 Å². The van der Waals surface area contributed by atoms with Gasteiger partial charge in [-0.15, -0.1) is 0 Å². The smallest absolute Gasteiger partial charge is 0.394 e. The van der Waals surface area contributed by atoms with E-state index in [1.807, 2.05) is 13.0 Å². The Hall–Kier alpha value is -2.90. The summed E-state index contributed by atoms with van der Waals surface area (Å²) in [7, 11) is 0. The Labute approximate surface area is 147 Å². The second-order valence-electron chi connectivity index (χ2n) is 6.02. The van der Waals surface area contributed by atoms with Crippen LogP contribution >= 0.6 is 0 Å². The number of aromatic nitrogens is 2. The SMILES string of the molecule is Cc1cc(C(=O)NCc2ccnc(CC(F)(F)F)c2)c2oc(C)nc2c1. The standard InChI is InChI=1S/C18H16F3N3O2/c1-10-5-14(16-15(6-10)24-11(2)26-16)17(25)23-9-12-3-4-22-13(7-12)8-18(19,20)21/h3-7H,8-9H2,1-2H3,(H,23,25). The van der Waals surface area contributed by atoms with Crippen LogP contribution in [0.2, 0.25) is 0 Å². The third-order valence-corrected chi connectivity index (χ3v) is 3.70. The highest BCUT2D eigenvalue weighted by atomic mass is 19.4. The molecule has 3 aromatic rings. The molecule has 2 aromatic heterocycles. The van der Waals surface area contributed by atoms with Gasteiger partial charge in [-0.2, -0.15) is 13.2 Å². The van der Waals surface area contributed by atoms with Gasteiger partial charge in [0.15, 0.2) is 11.5 Å². The molecule has 0 saturated carbocycles. The van der Waals surface area contributed by atoms with E-state index in [-0.39, 0.29) is 18.1 Å². The van der Waals surface area contributed by atoms with E-state index < -0.39 is 12.6 Å². The molecule has 0 radical (unpaired) electrons. The summed E-state index contributed by atoms with van der Waals surface area (Å²) in [5, 5.41) is 2.70. The summed E-state index contributed by atoms with van der Waals surface area (Å²) in [6, 6.07) is 6.39. The molecule has 26 heavy (non-hydrogen) atoms. The lowest BCUT2D eigenvalue weighted by Gasteiger charge is -2.09. The number of hydrogen-bond donors (Lipinski definition) is 1. The number of oxazole rings is 1. The summed E-state index contributed by atoms with van der Waals surface area (Å²) in [5.41, 5.74) is 2.61. The van der Waals surface area contributed by atoms with E-state index in [0.29, 0.717) is 28.1 Å². The van der Waals surface area contributed by atoms with Crippen molar-refractivity contribution in [2.75, 3.05) is 0 Å². The highest BCUT2D eigenvalue weighted by Crippen LogP contribution is 2.23. The predicted molar refractivity (Wildman–Crippen MR) is 88.6 cm³/mol. The van der Waals surface area contributed by atoms with Crippen molar-refractivity contribution in [1.29, 1.82) is 0 Å². The zero-order valence-corrected chi connectivity index (χ0v) is 14.1. The maximum atomic E-state index is 12.5. The van der Waals surface area contributed by atoms with Gasteiger partial charge in [0, 0.05) is 25.4 Å². The first kappa shape index (κ1) is 17.9. The number of nitrogens with one attached hydrogen (secondary N) is 1. The van der Waals surface area contributed by atoms with Gasteiger partial charge in [0.2, 0.25) is 0 Å². The van der Waals surface area contributed by atoms with Crippen LogP contribution in [0.5, 0.6) is 0 Å². The molecule has 0 aliphatic carbocycles. The van der Waals surface area contributed by atoms with Gasteiger partial charge < -0.3 is 9.73 Å². The molecular formula is C18H16F3N3O2. The number of carbonyl (C=O) groups excluding carboxylic acids is 1. The highest BCUT2D eigenvalue weighted by Gasteiger charge is 2.28. The topological polar surface area (TPSA) is 68.0 Å². The molecule has 2 heterocycles. The van der Waals surface area contributed by atoms with E-state index in [2.05, 4.69) is 15.3 Å². The van der Waals surface area contributed by atoms with Gasteiger partial charge in [0.25, 0.3) is 5.91 Å². The van der Waals surface area contributed by atoms with Crippen molar-refractivity contribution < 1.29 is 22.4 Å². The molecule has 5 nitrogen and oxygen atoms in total. The minimum Gasteiger partial charge on any atom is -0.440 e. The Bertz CT molecular complexity index is 964. The number of amides is 1. The number of pyridine rings is 1. The molecule has 3 rings (SSSR count). The first-order valence-electron chi connectivity index (χ1n) is 7.88. The second kappa shape index (κ2) is 6.78. The monoisotopic (exact) mass is 363 g/mol. The van der Waals surface area contributed by atoms with Crippen LogP contribution in [0.1, 0.15) is 33.1 Å². The van der Waals surface area contributed by atoms with E-state index in [1.165, 1.54) is 12.3 Å². The first-order chi connectivity index (χ1) is 12.2. The number of rotatable bonds is 4. The fraction of sp³-hybridized carbons (Fsp3) is 0.278. The predicted octanol–water partition coefficient (Wildman–Crippen LogP) is 3.87. The molecule has 0 aliphatic heterocycles. The summed E-state index contributed by atoms with van der Waals surface area (Å²) >= 11 is 0. The largest absolute Gasteiger partial charge is 0.440 e. The summed E-state index contributed by atoms with van der Waals surface area (Å²) in [6.45, 7) is 3.61. The quantitative estimate of drug-likeness (QED) is 0.764. The van der Waals surface area contributed by atoms with Crippen LogP contribution in [0, 0.1) is 13.8 Å². The molecule has 0 unspecified atom stereocenters. The lowest BCUT2D eigenvalue weighted by molar-refractivity contribution is -0.127. The number of benzene rings is 1. The third-order valence-electron chi connectivity index (χ3n) is 3.70. The van der Waals surface area contributed by atoms with Crippen molar-refractivity contribution in [2.24, 2.45) is 0 Å². The zero-order chi connectivity index (χ0) is 18.9. The Morgan fingerprint density at radius 1 is 1.23 bits per heavy atom. The summed E-state index contributed by atoms with van der Waals surface area (Å²) in [5.74, 6) is 0.0645. The van der Waals surface area contributed by atoms with Gasteiger partial charge in [-0.05, 0) is 42.3 Å². The molecular weight excluding hydrogens is 347 g/mol. The number of nitrogens with zero attached hydrogens (tertiary/aromatic N) is 2. The van der Waals surface area contributed by atoms with Crippen molar-refractivity contribution in [3.05, 3.63) is 58.7 Å². The van der Waals surface area contributed by atoms with Crippen molar-refractivity contribution >= 4 is 17.0 Å². The van der Waals surface area contributed by atoms with Gasteiger partial charge in [-0.3, -0.25) is 9.78 Å². The van der Waals surface area contributed by atoms with Crippen molar-refractivity contribution in [3.63, 3.8) is 0 Å². The molecule has 0 aliphatic rings. The number of aryl methyl sites for hydroxylation is 2. The Kier molecular flexibility index (Phi) is 4.67. The molecule has 0 bridgehead atoms. The third kappa shape index (κ3) is 4.19. The lowest BCUT2D eigenvalue weighted by Crippen LogP contribution is -2.23. The summed E-state index contributed by atoms with van der Waals surface area (Å²) < 4.78 is 42.9. The van der Waals surface area contributed by atoms with Crippen LogP contribution in [0.15, 0.2) is 34.9 Å². The molecule has 0 atom stereocenters. The van der Waals surface area contributed by atoms with Gasteiger partial charge >= 0.3 is 6.18 Å². The minimum atomic E-state index is -4.33. The molecule has 136 valence electrons. The van der Waals surface area contributed by atoms with Crippen molar-refractivity contribution in [3.8, 4) is 0 Å². The molecule has 1 aromatic carbocycles. The highest BCUT2D eigenvalue weighted by molar-refractivity contribution is 6.04. The average Bonchev–Trinajstić information content (AvgIpc) is 2.90. The van der Waals surface area contributed by atoms with Crippen LogP contribution < -0.4 is 5.32 Å². The van der Waals surface area contributed by atoms with Crippen LogP contribution in [0.3, 0.4) is 0 Å². The number of halogens is 3. The van der Waals surface area contributed by atoms with Crippen molar-refractivity contribution in [1.82, 2.24) is 15.3 Å². The first-order valence-corrected chi connectivity index (χ1v) is 7.88. The molecule has 8 heteroatoms. The lowest BCUT2D eigenvalue weighted by atomic mass is 10.1. The minimum absolute atomic E-state index is 0.0781. The zero-order valence-electron chi connectivity index (χ0n) is 14.1. The Morgan fingerprint density at radius 3 is 2.73 bits per heavy atom. The van der Waals surface area contributed by atoms with Gasteiger partial charge in [0.05, 0.1) is 12.0 Å². The maximum Gasteiger partial charge on any atom is 0.394 e. The van der Waals surface area contributed by atoms with E-state index >= 15 is 0 Å². The number of hydrogen-bond acceptors (Lipinski definition) is 4. The van der Waals surface area contributed by atoms with E-state index in [9.17, 15) is 18.0 Å². The molecule has 1 amide bonds.